The molecular weight excluding hydrogens is 294 g/mol. The van der Waals surface area contributed by atoms with E-state index in [0.717, 1.165) is 58.4 Å². The maximum atomic E-state index is 12.4. The smallest absolute Gasteiger partial charge is 0.195 e. The normalized spacial score (nSPS) is 28.4. The molecule has 2 saturated heterocycles. The minimum absolute atomic E-state index is 0.0357. The van der Waals surface area contributed by atoms with Crippen LogP contribution in [0.3, 0.4) is 0 Å². The molecule has 0 aromatic carbocycles. The van der Waals surface area contributed by atoms with Crippen molar-refractivity contribution in [3.05, 3.63) is 0 Å². The Balaban J connectivity index is 1.69. The van der Waals surface area contributed by atoms with Crippen LogP contribution in [0.4, 0.5) is 0 Å². The van der Waals surface area contributed by atoms with Gasteiger partial charge >= 0.3 is 0 Å². The zero-order chi connectivity index (χ0) is 16.5. The molecule has 2 aliphatic heterocycles. The van der Waals surface area contributed by atoms with Crippen LogP contribution in [0, 0.1) is 23.2 Å². The second kappa shape index (κ2) is 10.2. The first-order chi connectivity index (χ1) is 11.2. The molecule has 0 saturated carbocycles. The fourth-order valence-electron chi connectivity index (χ4n) is 3.72. The van der Waals surface area contributed by atoms with Gasteiger partial charge in [0.05, 0.1) is 19.3 Å². The predicted molar refractivity (Wildman–Crippen MR) is 86.1 cm³/mol. The molecule has 2 fully saturated rings. The minimum atomic E-state index is -0.953. The van der Waals surface area contributed by atoms with Gasteiger partial charge in [-0.1, -0.05) is 0 Å². The number of likely N-dealkylation sites (tertiary alicyclic amines) is 2. The number of ether oxygens (including phenoxy) is 1. The van der Waals surface area contributed by atoms with E-state index in [9.17, 15) is 5.11 Å². The number of nitriles is 1. The molecule has 6 nitrogen and oxygen atoms in total. The Hall–Kier alpha value is -0.710. The number of hydrogen-bond acceptors (Lipinski definition) is 5. The first-order valence-electron chi connectivity index (χ1n) is 8.93. The Labute approximate surface area is 139 Å². The van der Waals surface area contributed by atoms with Gasteiger partial charge in [0.2, 0.25) is 0 Å². The lowest BCUT2D eigenvalue weighted by molar-refractivity contribution is -0.189. The van der Waals surface area contributed by atoms with Gasteiger partial charge in [-0.05, 0) is 44.7 Å². The van der Waals surface area contributed by atoms with E-state index >= 15 is 0 Å². The average Bonchev–Trinajstić information content (AvgIpc) is 2.59. The standard InChI is InChI=1S/C17H30N3O3/c18-6-3-9-19-7-1-4-15(12-19)14-23-17(22)16-5-2-8-20(13-16)10-11-21/h15-17,21H,1-5,7-14H2. The fourth-order valence-corrected chi connectivity index (χ4v) is 3.72. The molecule has 0 aromatic heterocycles. The van der Waals surface area contributed by atoms with Crippen LogP contribution in [-0.4, -0.2) is 73.7 Å². The Morgan fingerprint density at radius 2 is 1.91 bits per heavy atom. The van der Waals surface area contributed by atoms with Crippen molar-refractivity contribution in [2.75, 3.05) is 52.5 Å². The number of nitrogens with zero attached hydrogens (tertiary/aromatic N) is 3. The van der Waals surface area contributed by atoms with Gasteiger partial charge in [0.25, 0.3) is 0 Å². The molecule has 0 spiro atoms. The van der Waals surface area contributed by atoms with E-state index in [1.165, 1.54) is 0 Å². The largest absolute Gasteiger partial charge is 0.395 e. The Kier molecular flexibility index (Phi) is 8.27. The molecule has 0 bridgehead atoms. The molecule has 0 amide bonds. The van der Waals surface area contributed by atoms with E-state index in [0.29, 0.717) is 25.5 Å². The van der Waals surface area contributed by atoms with E-state index in [2.05, 4.69) is 15.9 Å². The quantitative estimate of drug-likeness (QED) is 0.676. The maximum Gasteiger partial charge on any atom is 0.195 e. The van der Waals surface area contributed by atoms with Crippen molar-refractivity contribution < 1.29 is 14.9 Å². The Morgan fingerprint density at radius 3 is 2.65 bits per heavy atom. The first-order valence-corrected chi connectivity index (χ1v) is 8.93. The van der Waals surface area contributed by atoms with Gasteiger partial charge in [0.15, 0.2) is 6.29 Å². The summed E-state index contributed by atoms with van der Waals surface area (Å²) in [5.41, 5.74) is 0. The summed E-state index contributed by atoms with van der Waals surface area (Å²) in [7, 11) is 0. The predicted octanol–water partition coefficient (Wildman–Crippen LogP) is 1.09. The summed E-state index contributed by atoms with van der Waals surface area (Å²) in [4.78, 5) is 4.47. The topological polar surface area (TPSA) is 79.6 Å². The molecule has 23 heavy (non-hydrogen) atoms. The maximum absolute atomic E-state index is 12.4. The number of aliphatic hydroxyl groups excluding tert-OH is 1. The molecule has 6 heteroatoms. The average molecular weight is 324 g/mol. The van der Waals surface area contributed by atoms with Crippen molar-refractivity contribution >= 4 is 0 Å². The zero-order valence-electron chi connectivity index (χ0n) is 14.0. The van der Waals surface area contributed by atoms with Crippen LogP contribution >= 0.6 is 0 Å². The van der Waals surface area contributed by atoms with Gasteiger partial charge in [0.1, 0.15) is 0 Å². The van der Waals surface area contributed by atoms with Crippen LogP contribution in [0.5, 0.6) is 0 Å². The highest BCUT2D eigenvalue weighted by molar-refractivity contribution is 4.78. The van der Waals surface area contributed by atoms with Crippen molar-refractivity contribution in [1.29, 1.82) is 5.26 Å². The van der Waals surface area contributed by atoms with Crippen LogP contribution in [-0.2, 0) is 9.84 Å². The molecule has 1 radical (unpaired) electrons. The molecule has 1 N–H and O–H groups in total. The van der Waals surface area contributed by atoms with Crippen LogP contribution < -0.4 is 0 Å². The third-order valence-electron chi connectivity index (χ3n) is 4.98. The fraction of sp³-hybridized carbons (Fsp3) is 0.941. The number of hydrogen-bond donors (Lipinski definition) is 1. The third kappa shape index (κ3) is 6.36. The summed E-state index contributed by atoms with van der Waals surface area (Å²) in [6.45, 7) is 5.87. The summed E-state index contributed by atoms with van der Waals surface area (Å²) >= 11 is 0. The van der Waals surface area contributed by atoms with Crippen molar-refractivity contribution in [1.82, 2.24) is 9.80 Å². The van der Waals surface area contributed by atoms with E-state index in [1.54, 1.807) is 0 Å². The SMILES string of the molecule is N#CCCN1CCCC(COC([O])C2CCCN(CCO)C2)C1. The Bertz CT molecular complexity index is 373. The summed E-state index contributed by atoms with van der Waals surface area (Å²) in [5, 5.41) is 30.1. The van der Waals surface area contributed by atoms with Gasteiger partial charge in [-0.15, -0.1) is 0 Å². The van der Waals surface area contributed by atoms with E-state index in [4.69, 9.17) is 15.1 Å². The summed E-state index contributed by atoms with van der Waals surface area (Å²) in [6, 6.07) is 2.19. The molecule has 0 aromatic rings. The molecule has 3 unspecified atom stereocenters. The number of rotatable bonds is 8. The van der Waals surface area contributed by atoms with Crippen LogP contribution in [0.25, 0.3) is 0 Å². The molecule has 0 aliphatic carbocycles. The molecule has 3 atom stereocenters. The van der Waals surface area contributed by atoms with Crippen LogP contribution in [0.2, 0.25) is 0 Å². The lowest BCUT2D eigenvalue weighted by atomic mass is 9.96. The van der Waals surface area contributed by atoms with Crippen molar-refractivity contribution in [2.24, 2.45) is 11.8 Å². The zero-order valence-corrected chi connectivity index (χ0v) is 14.0. The van der Waals surface area contributed by atoms with Crippen molar-refractivity contribution in [2.45, 2.75) is 38.4 Å². The van der Waals surface area contributed by atoms with Crippen LogP contribution in [0.1, 0.15) is 32.1 Å². The second-order valence-electron chi connectivity index (χ2n) is 6.85. The number of piperidine rings is 2. The highest BCUT2D eigenvalue weighted by atomic mass is 16.6. The highest BCUT2D eigenvalue weighted by Crippen LogP contribution is 2.23. The second-order valence-corrected chi connectivity index (χ2v) is 6.85. The highest BCUT2D eigenvalue weighted by Gasteiger charge is 2.29. The van der Waals surface area contributed by atoms with Gasteiger partial charge < -0.3 is 19.6 Å². The number of aliphatic hydroxyl groups is 1. The molecular formula is C17H30N3O3. The van der Waals surface area contributed by atoms with Crippen LogP contribution in [0.15, 0.2) is 0 Å². The lowest BCUT2D eigenvalue weighted by Crippen LogP contribution is -2.43. The van der Waals surface area contributed by atoms with E-state index in [1.807, 2.05) is 0 Å². The third-order valence-corrected chi connectivity index (χ3v) is 4.98. The molecule has 2 heterocycles. The monoisotopic (exact) mass is 324 g/mol. The summed E-state index contributed by atoms with van der Waals surface area (Å²) < 4.78 is 5.66. The molecule has 131 valence electrons. The summed E-state index contributed by atoms with van der Waals surface area (Å²) in [6.07, 6.45) is 3.78. The lowest BCUT2D eigenvalue weighted by Gasteiger charge is -2.35. The van der Waals surface area contributed by atoms with Gasteiger partial charge in [-0.25, -0.2) is 5.11 Å². The first kappa shape index (κ1) is 18.6. The van der Waals surface area contributed by atoms with Gasteiger partial charge in [-0.2, -0.15) is 5.26 Å². The minimum Gasteiger partial charge on any atom is -0.395 e. The van der Waals surface area contributed by atoms with E-state index < -0.39 is 6.29 Å². The van der Waals surface area contributed by atoms with E-state index in [-0.39, 0.29) is 12.5 Å². The van der Waals surface area contributed by atoms with Gasteiger partial charge in [-0.3, -0.25) is 0 Å². The van der Waals surface area contributed by atoms with Crippen molar-refractivity contribution in [3.8, 4) is 6.07 Å². The molecule has 2 aliphatic rings. The van der Waals surface area contributed by atoms with Crippen molar-refractivity contribution in [3.63, 3.8) is 0 Å². The summed E-state index contributed by atoms with van der Waals surface area (Å²) in [5.74, 6) is 0.449. The molecule has 2 rings (SSSR count). The number of β-amino-alcohol motifs (C(OH)–C–C–N with tert-alkyl or cyclic N) is 1. The van der Waals surface area contributed by atoms with Gasteiger partial charge in [0, 0.05) is 38.5 Å². The Morgan fingerprint density at radius 1 is 1.17 bits per heavy atom.